The largest absolute Gasteiger partial charge is 0.481 e. The summed E-state index contributed by atoms with van der Waals surface area (Å²) in [5.41, 5.74) is -0.0653. The fourth-order valence-electron chi connectivity index (χ4n) is 1.35. The third-order valence-electron chi connectivity index (χ3n) is 2.69. The molecule has 0 amide bonds. The van der Waals surface area contributed by atoms with Gasteiger partial charge in [-0.3, -0.25) is 9.78 Å². The zero-order valence-electron chi connectivity index (χ0n) is 10.1. The maximum atomic E-state index is 11.2. The van der Waals surface area contributed by atoms with E-state index in [9.17, 15) is 9.90 Å². The van der Waals surface area contributed by atoms with Gasteiger partial charge in [-0.05, 0) is 19.9 Å². The van der Waals surface area contributed by atoms with E-state index in [2.05, 4.69) is 9.97 Å². The van der Waals surface area contributed by atoms with E-state index < -0.39 is 11.4 Å². The van der Waals surface area contributed by atoms with E-state index in [4.69, 9.17) is 23.2 Å². The number of halogens is 2. The second-order valence-corrected chi connectivity index (χ2v) is 6.15. The summed E-state index contributed by atoms with van der Waals surface area (Å²) in [5.74, 6) is -0.931. The minimum absolute atomic E-state index is 0.390. The third-order valence-corrected chi connectivity index (χ3v) is 4.03. The van der Waals surface area contributed by atoms with Gasteiger partial charge in [0.1, 0.15) is 16.1 Å². The van der Waals surface area contributed by atoms with Crippen LogP contribution in [0.15, 0.2) is 17.6 Å². The van der Waals surface area contributed by atoms with Gasteiger partial charge in [0, 0.05) is 11.6 Å². The molecule has 0 aliphatic heterocycles. The van der Waals surface area contributed by atoms with Crippen molar-refractivity contribution in [3.8, 4) is 10.7 Å². The molecule has 0 aliphatic carbocycles. The van der Waals surface area contributed by atoms with Crippen LogP contribution < -0.4 is 0 Å². The number of hydrogen-bond donors (Lipinski definition) is 1. The number of nitrogens with zero attached hydrogens (tertiary/aromatic N) is 2. The zero-order valence-corrected chi connectivity index (χ0v) is 12.5. The van der Waals surface area contributed by atoms with Crippen molar-refractivity contribution >= 4 is 40.5 Å². The van der Waals surface area contributed by atoms with Crippen LogP contribution in [0.2, 0.25) is 10.0 Å². The molecule has 2 aromatic heterocycles. The van der Waals surface area contributed by atoms with E-state index in [1.54, 1.807) is 25.3 Å². The topological polar surface area (TPSA) is 63.1 Å². The number of carbonyl (C=O) groups is 1. The zero-order chi connectivity index (χ0) is 14.2. The van der Waals surface area contributed by atoms with Gasteiger partial charge in [0.15, 0.2) is 0 Å². The maximum absolute atomic E-state index is 11.2. The van der Waals surface area contributed by atoms with E-state index in [1.807, 2.05) is 0 Å². The minimum Gasteiger partial charge on any atom is -0.481 e. The lowest BCUT2D eigenvalue weighted by atomic mass is 9.90. The second-order valence-electron chi connectivity index (χ2n) is 4.45. The first-order valence-electron chi connectivity index (χ1n) is 5.33. The molecular weight excluding hydrogens is 307 g/mol. The van der Waals surface area contributed by atoms with Crippen molar-refractivity contribution in [1.29, 1.82) is 0 Å². The van der Waals surface area contributed by atoms with Crippen LogP contribution in [-0.2, 0) is 10.2 Å². The average molecular weight is 317 g/mol. The van der Waals surface area contributed by atoms with Gasteiger partial charge in [0.05, 0.1) is 15.7 Å². The molecule has 0 bridgehead atoms. The number of hydrogen-bond acceptors (Lipinski definition) is 4. The SMILES string of the molecule is CC(C)(C(=O)O)c1csc(-c2ncc(Cl)cc2Cl)n1. The number of rotatable bonds is 3. The molecule has 1 N–H and O–H groups in total. The predicted molar refractivity (Wildman–Crippen MR) is 76.0 cm³/mol. The fraction of sp³-hybridized carbons (Fsp3) is 0.250. The summed E-state index contributed by atoms with van der Waals surface area (Å²) in [6, 6.07) is 1.58. The van der Waals surface area contributed by atoms with E-state index in [-0.39, 0.29) is 0 Å². The van der Waals surface area contributed by atoms with Crippen LogP contribution >= 0.6 is 34.5 Å². The summed E-state index contributed by atoms with van der Waals surface area (Å²) >= 11 is 13.1. The molecule has 0 radical (unpaired) electrons. The Balaban J connectivity index is 2.44. The van der Waals surface area contributed by atoms with E-state index in [0.717, 1.165) is 0 Å². The molecule has 7 heteroatoms. The van der Waals surface area contributed by atoms with E-state index in [0.29, 0.717) is 26.4 Å². The summed E-state index contributed by atoms with van der Waals surface area (Å²) < 4.78 is 0. The van der Waals surface area contributed by atoms with Gasteiger partial charge >= 0.3 is 5.97 Å². The average Bonchev–Trinajstić information content (AvgIpc) is 2.78. The lowest BCUT2D eigenvalue weighted by Crippen LogP contribution is -2.28. The molecule has 0 spiro atoms. The third kappa shape index (κ3) is 2.73. The summed E-state index contributed by atoms with van der Waals surface area (Å²) in [7, 11) is 0. The van der Waals surface area contributed by atoms with Crippen molar-refractivity contribution in [1.82, 2.24) is 9.97 Å². The molecule has 0 aromatic carbocycles. The molecule has 19 heavy (non-hydrogen) atoms. The maximum Gasteiger partial charge on any atom is 0.315 e. The number of thiazole rings is 1. The molecule has 0 unspecified atom stereocenters. The Bertz CT molecular complexity index is 640. The lowest BCUT2D eigenvalue weighted by Gasteiger charge is -2.15. The molecule has 0 saturated heterocycles. The summed E-state index contributed by atoms with van der Waals surface area (Å²) in [6.07, 6.45) is 1.48. The van der Waals surface area contributed by atoms with Gasteiger partial charge in [-0.25, -0.2) is 4.98 Å². The molecule has 0 atom stereocenters. The fourth-order valence-corrected chi connectivity index (χ4v) is 2.87. The first-order chi connectivity index (χ1) is 8.82. The molecule has 2 aromatic rings. The van der Waals surface area contributed by atoms with Gasteiger partial charge in [0.2, 0.25) is 0 Å². The highest BCUT2D eigenvalue weighted by atomic mass is 35.5. The van der Waals surface area contributed by atoms with E-state index >= 15 is 0 Å². The summed E-state index contributed by atoms with van der Waals surface area (Å²) in [6.45, 7) is 3.20. The highest BCUT2D eigenvalue weighted by molar-refractivity contribution is 7.13. The van der Waals surface area contributed by atoms with Gasteiger partial charge in [0.25, 0.3) is 0 Å². The molecule has 0 aliphatic rings. The molecule has 0 fully saturated rings. The van der Waals surface area contributed by atoms with Gasteiger partial charge in [-0.1, -0.05) is 23.2 Å². The van der Waals surface area contributed by atoms with Crippen LogP contribution in [0.4, 0.5) is 0 Å². The first kappa shape index (κ1) is 14.2. The van der Waals surface area contributed by atoms with Crippen molar-refractivity contribution in [3.05, 3.63) is 33.4 Å². The molecule has 2 heterocycles. The van der Waals surface area contributed by atoms with Crippen molar-refractivity contribution in [2.24, 2.45) is 0 Å². The Morgan fingerprint density at radius 1 is 1.42 bits per heavy atom. The summed E-state index contributed by atoms with van der Waals surface area (Å²) in [5, 5.41) is 12.3. The van der Waals surface area contributed by atoms with Crippen LogP contribution in [0, 0.1) is 0 Å². The van der Waals surface area contributed by atoms with Crippen LogP contribution in [0.1, 0.15) is 19.5 Å². The lowest BCUT2D eigenvalue weighted by molar-refractivity contribution is -0.142. The van der Waals surface area contributed by atoms with Crippen LogP contribution in [0.25, 0.3) is 10.7 Å². The highest BCUT2D eigenvalue weighted by Gasteiger charge is 2.32. The Kier molecular flexibility index (Phi) is 3.80. The van der Waals surface area contributed by atoms with Crippen molar-refractivity contribution in [2.45, 2.75) is 19.3 Å². The van der Waals surface area contributed by atoms with Gasteiger partial charge < -0.3 is 5.11 Å². The molecular formula is C12H10Cl2N2O2S. The molecule has 100 valence electrons. The Labute approximate surface area is 124 Å². The molecule has 4 nitrogen and oxygen atoms in total. The quantitative estimate of drug-likeness (QED) is 0.933. The van der Waals surface area contributed by atoms with Crippen LogP contribution in [0.3, 0.4) is 0 Å². The monoisotopic (exact) mass is 316 g/mol. The minimum atomic E-state index is -1.05. The van der Waals surface area contributed by atoms with Crippen molar-refractivity contribution in [3.63, 3.8) is 0 Å². The number of carboxylic acid groups (broad SMARTS) is 1. The standard InChI is InChI=1S/C12H10Cl2N2O2S/c1-12(2,11(17)18)8-5-19-10(16-8)9-7(14)3-6(13)4-15-9/h3-5H,1-2H3,(H,17,18). The molecule has 0 saturated carbocycles. The van der Waals surface area contributed by atoms with Crippen LogP contribution in [-0.4, -0.2) is 21.0 Å². The van der Waals surface area contributed by atoms with Gasteiger partial charge in [-0.15, -0.1) is 11.3 Å². The highest BCUT2D eigenvalue weighted by Crippen LogP contribution is 2.33. The number of aromatic nitrogens is 2. The van der Waals surface area contributed by atoms with Crippen LogP contribution in [0.5, 0.6) is 0 Å². The predicted octanol–water partition coefficient (Wildman–Crippen LogP) is 3.87. The second kappa shape index (κ2) is 5.07. The number of pyridine rings is 1. The molecule has 2 rings (SSSR count). The first-order valence-corrected chi connectivity index (χ1v) is 6.96. The normalized spacial score (nSPS) is 11.6. The smallest absolute Gasteiger partial charge is 0.315 e. The number of aliphatic carboxylic acids is 1. The van der Waals surface area contributed by atoms with E-state index in [1.165, 1.54) is 17.5 Å². The van der Waals surface area contributed by atoms with Crippen molar-refractivity contribution < 1.29 is 9.90 Å². The van der Waals surface area contributed by atoms with Gasteiger partial charge in [-0.2, -0.15) is 0 Å². The Morgan fingerprint density at radius 2 is 2.11 bits per heavy atom. The Morgan fingerprint density at radius 3 is 2.68 bits per heavy atom. The summed E-state index contributed by atoms with van der Waals surface area (Å²) in [4.78, 5) is 19.6. The number of carboxylic acids is 1. The Hall–Kier alpha value is -1.17. The van der Waals surface area contributed by atoms with Crippen molar-refractivity contribution in [2.75, 3.05) is 0 Å².